The number of aromatic nitrogens is 3. The molecule has 3 heterocycles. The van der Waals surface area contributed by atoms with Gasteiger partial charge in [-0.1, -0.05) is 23.7 Å². The molecule has 0 aliphatic carbocycles. The number of nitrogens with zero attached hydrogens (tertiary/aromatic N) is 4. The number of piperidine rings is 1. The van der Waals surface area contributed by atoms with Crippen LogP contribution in [0.3, 0.4) is 0 Å². The highest BCUT2D eigenvalue weighted by atomic mass is 35.5. The van der Waals surface area contributed by atoms with Crippen molar-refractivity contribution in [1.82, 2.24) is 19.4 Å². The molecule has 3 aromatic rings. The van der Waals surface area contributed by atoms with Crippen LogP contribution in [0.2, 0.25) is 5.02 Å². The number of oxazole rings is 1. The Morgan fingerprint density at radius 1 is 1.26 bits per heavy atom. The largest absolute Gasteiger partial charge is 0.443 e. The number of carbonyl (C=O) groups excluding carboxylic acids is 1. The van der Waals surface area contributed by atoms with Crippen LogP contribution < -0.4 is 0 Å². The van der Waals surface area contributed by atoms with Crippen molar-refractivity contribution in [1.29, 1.82) is 0 Å². The standard InChI is InChI=1S/C20H21ClN4O2/c21-16-6-4-15(5-7-16)11-17-12-23-20(27-17)18-3-1-2-9-25(18)19(26)13-24-10-8-22-14-24/h4-8,10,12,14,18H,1-3,9,11,13H2/t18-/m1/s1. The van der Waals surface area contributed by atoms with Crippen LogP contribution in [0.15, 0.2) is 53.6 Å². The Bertz CT molecular complexity index is 889. The first-order valence-electron chi connectivity index (χ1n) is 9.13. The van der Waals surface area contributed by atoms with Crippen LogP contribution in [0.1, 0.15) is 42.5 Å². The third-order valence-electron chi connectivity index (χ3n) is 4.85. The fourth-order valence-electron chi connectivity index (χ4n) is 3.48. The van der Waals surface area contributed by atoms with Crippen LogP contribution in [0.25, 0.3) is 0 Å². The normalized spacial score (nSPS) is 17.2. The molecule has 7 heteroatoms. The number of imidazole rings is 1. The Morgan fingerprint density at radius 2 is 2.11 bits per heavy atom. The zero-order valence-electron chi connectivity index (χ0n) is 14.9. The summed E-state index contributed by atoms with van der Waals surface area (Å²) >= 11 is 5.94. The van der Waals surface area contributed by atoms with E-state index in [1.54, 1.807) is 29.5 Å². The molecule has 2 aromatic heterocycles. The number of hydrogen-bond donors (Lipinski definition) is 0. The van der Waals surface area contributed by atoms with Crippen LogP contribution in [0, 0.1) is 0 Å². The molecule has 4 rings (SSSR count). The quantitative estimate of drug-likeness (QED) is 0.669. The summed E-state index contributed by atoms with van der Waals surface area (Å²) in [5.41, 5.74) is 1.11. The van der Waals surface area contributed by atoms with Gasteiger partial charge in [0.1, 0.15) is 18.3 Å². The highest BCUT2D eigenvalue weighted by Gasteiger charge is 2.31. The summed E-state index contributed by atoms with van der Waals surface area (Å²) in [5.74, 6) is 1.48. The average Bonchev–Trinajstić information content (AvgIpc) is 3.36. The molecule has 1 fully saturated rings. The van der Waals surface area contributed by atoms with Crippen molar-refractivity contribution in [3.05, 3.63) is 71.4 Å². The molecule has 0 spiro atoms. The van der Waals surface area contributed by atoms with Crippen molar-refractivity contribution in [3.63, 3.8) is 0 Å². The SMILES string of the molecule is O=C(Cn1ccnc1)N1CCCC[C@@H]1c1ncc(Cc2ccc(Cl)cc2)o1. The predicted molar refractivity (Wildman–Crippen MR) is 101 cm³/mol. The minimum Gasteiger partial charge on any atom is -0.443 e. The Hall–Kier alpha value is -2.60. The van der Waals surface area contributed by atoms with Crippen LogP contribution >= 0.6 is 11.6 Å². The number of likely N-dealkylation sites (tertiary alicyclic amines) is 1. The molecule has 140 valence electrons. The highest BCUT2D eigenvalue weighted by molar-refractivity contribution is 6.30. The minimum atomic E-state index is -0.103. The van der Waals surface area contributed by atoms with E-state index in [4.69, 9.17) is 16.0 Å². The van der Waals surface area contributed by atoms with Crippen LogP contribution in [-0.4, -0.2) is 31.9 Å². The molecular formula is C20H21ClN4O2. The summed E-state index contributed by atoms with van der Waals surface area (Å²) in [7, 11) is 0. The maximum Gasteiger partial charge on any atom is 0.243 e. The molecule has 1 saturated heterocycles. The van der Waals surface area contributed by atoms with E-state index in [1.165, 1.54) is 0 Å². The van der Waals surface area contributed by atoms with Gasteiger partial charge in [-0.25, -0.2) is 9.97 Å². The molecule has 1 atom stereocenters. The first kappa shape index (κ1) is 17.8. The van der Waals surface area contributed by atoms with Gasteiger partial charge in [-0.2, -0.15) is 0 Å². The lowest BCUT2D eigenvalue weighted by Gasteiger charge is -2.33. The van der Waals surface area contributed by atoms with E-state index in [2.05, 4.69) is 9.97 Å². The molecule has 6 nitrogen and oxygen atoms in total. The number of hydrogen-bond acceptors (Lipinski definition) is 4. The van der Waals surface area contributed by atoms with Gasteiger partial charge < -0.3 is 13.9 Å². The topological polar surface area (TPSA) is 64.2 Å². The number of benzene rings is 1. The van der Waals surface area contributed by atoms with Gasteiger partial charge in [0, 0.05) is 30.4 Å². The van der Waals surface area contributed by atoms with E-state index in [0.29, 0.717) is 17.3 Å². The van der Waals surface area contributed by atoms with Crippen molar-refractivity contribution in [2.45, 2.75) is 38.3 Å². The van der Waals surface area contributed by atoms with Gasteiger partial charge in [-0.15, -0.1) is 0 Å². The molecule has 27 heavy (non-hydrogen) atoms. The van der Waals surface area contributed by atoms with Crippen molar-refractivity contribution < 1.29 is 9.21 Å². The van der Waals surface area contributed by atoms with E-state index in [-0.39, 0.29) is 18.5 Å². The lowest BCUT2D eigenvalue weighted by molar-refractivity contribution is -0.136. The zero-order valence-corrected chi connectivity index (χ0v) is 15.7. The van der Waals surface area contributed by atoms with Crippen molar-refractivity contribution >= 4 is 17.5 Å². The molecule has 0 unspecified atom stereocenters. The molecular weight excluding hydrogens is 364 g/mol. The molecule has 1 aliphatic heterocycles. The van der Waals surface area contributed by atoms with Gasteiger partial charge in [0.2, 0.25) is 11.8 Å². The lowest BCUT2D eigenvalue weighted by Crippen LogP contribution is -2.40. The molecule has 1 aliphatic rings. The molecule has 0 bridgehead atoms. The van der Waals surface area contributed by atoms with Crippen molar-refractivity contribution in [2.24, 2.45) is 0 Å². The maximum atomic E-state index is 12.8. The summed E-state index contributed by atoms with van der Waals surface area (Å²) in [4.78, 5) is 23.1. The van der Waals surface area contributed by atoms with Gasteiger partial charge in [0.05, 0.1) is 12.5 Å². The molecule has 0 radical (unpaired) electrons. The fourth-order valence-corrected chi connectivity index (χ4v) is 3.60. The third kappa shape index (κ3) is 4.22. The first-order valence-corrected chi connectivity index (χ1v) is 9.51. The maximum absolute atomic E-state index is 12.8. The van der Waals surface area contributed by atoms with Crippen molar-refractivity contribution in [2.75, 3.05) is 6.54 Å². The highest BCUT2D eigenvalue weighted by Crippen LogP contribution is 2.31. The second-order valence-electron chi connectivity index (χ2n) is 6.80. The third-order valence-corrected chi connectivity index (χ3v) is 5.10. The van der Waals surface area contributed by atoms with Crippen molar-refractivity contribution in [3.8, 4) is 0 Å². The summed E-state index contributed by atoms with van der Waals surface area (Å²) < 4.78 is 7.80. The summed E-state index contributed by atoms with van der Waals surface area (Å²) in [6.45, 7) is 1.02. The second kappa shape index (κ2) is 7.96. The Balaban J connectivity index is 1.47. The molecule has 1 aromatic carbocycles. The summed E-state index contributed by atoms with van der Waals surface area (Å²) in [6.07, 6.45) is 10.5. The van der Waals surface area contributed by atoms with E-state index < -0.39 is 0 Å². The van der Waals surface area contributed by atoms with E-state index in [9.17, 15) is 4.79 Å². The number of rotatable bonds is 5. The van der Waals surface area contributed by atoms with E-state index >= 15 is 0 Å². The summed E-state index contributed by atoms with van der Waals surface area (Å²) in [5, 5.41) is 0.714. The number of halogens is 1. The molecule has 1 amide bonds. The summed E-state index contributed by atoms with van der Waals surface area (Å²) in [6, 6.07) is 7.59. The van der Waals surface area contributed by atoms with E-state index in [0.717, 1.165) is 37.1 Å². The van der Waals surface area contributed by atoms with Gasteiger partial charge in [0.25, 0.3) is 0 Å². The second-order valence-corrected chi connectivity index (χ2v) is 7.24. The average molecular weight is 385 g/mol. The number of amides is 1. The van der Waals surface area contributed by atoms with Gasteiger partial charge >= 0.3 is 0 Å². The Kier molecular flexibility index (Phi) is 5.25. The Labute approximate surface area is 162 Å². The van der Waals surface area contributed by atoms with Gasteiger partial charge in [-0.05, 0) is 37.0 Å². The fraction of sp³-hybridized carbons (Fsp3) is 0.350. The van der Waals surface area contributed by atoms with Crippen LogP contribution in [-0.2, 0) is 17.8 Å². The predicted octanol–water partition coefficient (Wildman–Crippen LogP) is 3.87. The van der Waals surface area contributed by atoms with Gasteiger partial charge in [-0.3, -0.25) is 4.79 Å². The molecule has 0 saturated carbocycles. The lowest BCUT2D eigenvalue weighted by atomic mass is 10.0. The minimum absolute atomic E-state index is 0.0650. The van der Waals surface area contributed by atoms with Gasteiger partial charge in [0.15, 0.2) is 0 Å². The zero-order chi connectivity index (χ0) is 18.6. The number of carbonyl (C=O) groups is 1. The smallest absolute Gasteiger partial charge is 0.243 e. The van der Waals surface area contributed by atoms with Crippen LogP contribution in [0.5, 0.6) is 0 Å². The molecule has 0 N–H and O–H groups in total. The van der Waals surface area contributed by atoms with E-state index in [1.807, 2.05) is 29.2 Å². The monoisotopic (exact) mass is 384 g/mol. The first-order chi connectivity index (χ1) is 13.2. The van der Waals surface area contributed by atoms with Crippen LogP contribution in [0.4, 0.5) is 0 Å². The Morgan fingerprint density at radius 3 is 2.89 bits per heavy atom.